The summed E-state index contributed by atoms with van der Waals surface area (Å²) in [6, 6.07) is -4.71. The number of primary amides is 1. The van der Waals surface area contributed by atoms with E-state index in [0.717, 1.165) is 0 Å². The summed E-state index contributed by atoms with van der Waals surface area (Å²) in [4.78, 5) is 82.6. The number of hydrogen-bond donors (Lipinski definition) is 9. The summed E-state index contributed by atoms with van der Waals surface area (Å²) in [5.41, 5.74) is 11.5. The van der Waals surface area contributed by atoms with Crippen molar-refractivity contribution in [2.24, 2.45) is 29.2 Å². The Balaban J connectivity index is 3.01. The molecule has 1 rings (SSSR count). The molecule has 0 radical (unpaired) electrons. The summed E-state index contributed by atoms with van der Waals surface area (Å²) in [7, 11) is 0. The number of carbonyl (C=O) groups is 6. The van der Waals surface area contributed by atoms with E-state index in [9.17, 15) is 33.9 Å². The van der Waals surface area contributed by atoms with Crippen LogP contribution in [0.5, 0.6) is 0 Å². The van der Waals surface area contributed by atoms with E-state index in [1.54, 1.807) is 20.0 Å². The third-order valence-electron chi connectivity index (χ3n) is 7.00. The van der Waals surface area contributed by atoms with Gasteiger partial charge in [0.25, 0.3) is 0 Å². The first kappa shape index (κ1) is 40.0. The molecule has 0 saturated heterocycles. The lowest BCUT2D eigenvalue weighted by atomic mass is 9.96. The van der Waals surface area contributed by atoms with Crippen LogP contribution in [-0.4, -0.2) is 93.4 Å². The van der Waals surface area contributed by atoms with Crippen molar-refractivity contribution < 1.29 is 33.9 Å². The third-order valence-corrected chi connectivity index (χ3v) is 7.00. The standard InChI is InChI=1S/C30H53N9O7/c1-15(2)8-20(23(40)11-24(41)36-21(27(32)43)9-16(3)4)38-29(45)22(10-19-12-33-14-35-19)37-25(42)13-34-30(46)26(17(5)6)39-28(44)18(7)31/h12,14-18,20-23,26,40H,8-11,13,31H2,1-7H3,(H2,32,43)(H,33,35)(H,34,46)(H,36,41)(H,37,42)(H,38,45)(H,39,44)/t18-,20-,21-,22-,23-,26-/m0/s1. The Hall–Kier alpha value is -4.05. The molecule has 11 N–H and O–H groups in total. The van der Waals surface area contributed by atoms with Gasteiger partial charge in [-0.1, -0.05) is 41.5 Å². The number of aliphatic hydroxyl groups excluding tert-OH is 1. The lowest BCUT2D eigenvalue weighted by Gasteiger charge is -2.28. The number of hydrogen-bond acceptors (Lipinski definition) is 9. The van der Waals surface area contributed by atoms with E-state index in [1.807, 2.05) is 27.7 Å². The number of nitrogens with zero attached hydrogens (tertiary/aromatic N) is 1. The molecule has 0 fully saturated rings. The first-order valence-electron chi connectivity index (χ1n) is 15.6. The van der Waals surface area contributed by atoms with Gasteiger partial charge in [-0.25, -0.2) is 4.98 Å². The van der Waals surface area contributed by atoms with Crippen molar-refractivity contribution in [2.75, 3.05) is 6.54 Å². The van der Waals surface area contributed by atoms with Crippen molar-refractivity contribution in [3.8, 4) is 0 Å². The zero-order chi connectivity index (χ0) is 35.1. The normalized spacial score (nSPS) is 15.3. The van der Waals surface area contributed by atoms with Crippen LogP contribution in [0.3, 0.4) is 0 Å². The van der Waals surface area contributed by atoms with Crippen LogP contribution in [0.2, 0.25) is 0 Å². The molecule has 1 heterocycles. The molecule has 16 nitrogen and oxygen atoms in total. The lowest BCUT2D eigenvalue weighted by Crippen LogP contribution is -2.57. The molecule has 0 spiro atoms. The van der Waals surface area contributed by atoms with E-state index in [-0.39, 0.29) is 24.2 Å². The van der Waals surface area contributed by atoms with Gasteiger partial charge in [0.1, 0.15) is 18.1 Å². The van der Waals surface area contributed by atoms with Gasteiger partial charge in [0.05, 0.1) is 43.2 Å². The largest absolute Gasteiger partial charge is 0.390 e. The van der Waals surface area contributed by atoms with Crippen LogP contribution in [0, 0.1) is 17.8 Å². The van der Waals surface area contributed by atoms with Crippen LogP contribution in [0.4, 0.5) is 0 Å². The number of aromatic nitrogens is 2. The Morgan fingerprint density at radius 2 is 1.43 bits per heavy atom. The van der Waals surface area contributed by atoms with Gasteiger partial charge in [-0.2, -0.15) is 0 Å². The maximum absolute atomic E-state index is 13.5. The highest BCUT2D eigenvalue weighted by molar-refractivity contribution is 5.93. The average molecular weight is 652 g/mol. The van der Waals surface area contributed by atoms with Crippen LogP contribution >= 0.6 is 0 Å². The number of nitrogens with two attached hydrogens (primary N) is 2. The van der Waals surface area contributed by atoms with Gasteiger partial charge in [-0.05, 0) is 37.5 Å². The van der Waals surface area contributed by atoms with Gasteiger partial charge in [-0.3, -0.25) is 28.8 Å². The van der Waals surface area contributed by atoms with Crippen LogP contribution < -0.4 is 38.1 Å². The predicted octanol–water partition coefficient (Wildman–Crippen LogP) is -1.66. The molecule has 0 unspecified atom stereocenters. The highest BCUT2D eigenvalue weighted by Gasteiger charge is 2.31. The molecular formula is C30H53N9O7. The average Bonchev–Trinajstić information content (AvgIpc) is 3.45. The number of aromatic amines is 1. The smallest absolute Gasteiger partial charge is 0.243 e. The number of aliphatic hydroxyl groups is 1. The van der Waals surface area contributed by atoms with E-state index in [2.05, 4.69) is 36.6 Å². The fourth-order valence-corrected chi connectivity index (χ4v) is 4.57. The Kier molecular flexibility index (Phi) is 16.9. The van der Waals surface area contributed by atoms with Crippen molar-refractivity contribution in [1.82, 2.24) is 36.6 Å². The summed E-state index contributed by atoms with van der Waals surface area (Å²) in [6.45, 7) is 12.0. The van der Waals surface area contributed by atoms with E-state index in [0.29, 0.717) is 18.5 Å². The maximum Gasteiger partial charge on any atom is 0.243 e. The molecule has 1 aromatic rings. The van der Waals surface area contributed by atoms with Crippen LogP contribution in [0.1, 0.15) is 73.4 Å². The maximum atomic E-state index is 13.5. The van der Waals surface area contributed by atoms with Crippen molar-refractivity contribution in [3.63, 3.8) is 0 Å². The molecule has 0 bridgehead atoms. The zero-order valence-corrected chi connectivity index (χ0v) is 27.9. The van der Waals surface area contributed by atoms with Crippen molar-refractivity contribution >= 4 is 35.4 Å². The highest BCUT2D eigenvalue weighted by atomic mass is 16.3. The van der Waals surface area contributed by atoms with Crippen molar-refractivity contribution in [1.29, 1.82) is 0 Å². The third kappa shape index (κ3) is 14.8. The van der Waals surface area contributed by atoms with E-state index >= 15 is 0 Å². The molecule has 46 heavy (non-hydrogen) atoms. The second-order valence-corrected chi connectivity index (χ2v) is 12.8. The SMILES string of the molecule is CC(C)C[C@H](NC(=O)C[C@H](O)[C@H](CC(C)C)NC(=O)[C@H](Cc1c[nH]cn1)NC(=O)CNC(=O)[C@@H](NC(=O)[C@H](C)N)C(C)C)C(N)=O. The van der Waals surface area contributed by atoms with Gasteiger partial charge < -0.3 is 48.1 Å². The predicted molar refractivity (Wildman–Crippen MR) is 170 cm³/mol. The molecule has 0 aliphatic carbocycles. The zero-order valence-electron chi connectivity index (χ0n) is 27.9. The topological polar surface area (TPSA) is 264 Å². The van der Waals surface area contributed by atoms with E-state index in [1.165, 1.54) is 13.3 Å². The lowest BCUT2D eigenvalue weighted by molar-refractivity contribution is -0.133. The minimum absolute atomic E-state index is 0.00793. The molecule has 1 aromatic heterocycles. The van der Waals surface area contributed by atoms with Crippen molar-refractivity contribution in [2.45, 2.75) is 110 Å². The van der Waals surface area contributed by atoms with E-state index < -0.39 is 84.7 Å². The minimum Gasteiger partial charge on any atom is -0.390 e. The quantitative estimate of drug-likeness (QED) is 0.0780. The number of nitrogens with one attached hydrogen (secondary N) is 6. The molecular weight excluding hydrogens is 598 g/mol. The van der Waals surface area contributed by atoms with E-state index in [4.69, 9.17) is 11.5 Å². The molecule has 0 aromatic carbocycles. The van der Waals surface area contributed by atoms with Gasteiger partial charge >= 0.3 is 0 Å². The highest BCUT2D eigenvalue weighted by Crippen LogP contribution is 2.13. The number of amides is 6. The second kappa shape index (κ2) is 19.5. The molecule has 260 valence electrons. The van der Waals surface area contributed by atoms with Gasteiger partial charge in [0.15, 0.2) is 0 Å². The number of rotatable bonds is 20. The number of carbonyl (C=O) groups excluding carboxylic acids is 6. The molecule has 0 aliphatic rings. The number of imidazole rings is 1. The van der Waals surface area contributed by atoms with Crippen LogP contribution in [0.15, 0.2) is 12.5 Å². The molecule has 0 saturated carbocycles. The van der Waals surface area contributed by atoms with Gasteiger partial charge in [0.2, 0.25) is 35.4 Å². The Morgan fingerprint density at radius 1 is 0.826 bits per heavy atom. The summed E-state index contributed by atoms with van der Waals surface area (Å²) in [5.74, 6) is -3.95. The summed E-state index contributed by atoms with van der Waals surface area (Å²) >= 11 is 0. The first-order chi connectivity index (χ1) is 21.4. The Labute approximate surface area is 270 Å². The van der Waals surface area contributed by atoms with Gasteiger partial charge in [-0.15, -0.1) is 0 Å². The monoisotopic (exact) mass is 651 g/mol. The Morgan fingerprint density at radius 3 is 1.93 bits per heavy atom. The second-order valence-electron chi connectivity index (χ2n) is 12.8. The summed E-state index contributed by atoms with van der Waals surface area (Å²) in [5, 5.41) is 23.9. The van der Waals surface area contributed by atoms with Crippen LogP contribution in [-0.2, 0) is 35.2 Å². The molecule has 16 heteroatoms. The molecule has 6 atom stereocenters. The van der Waals surface area contributed by atoms with Crippen LogP contribution in [0.25, 0.3) is 0 Å². The Bertz CT molecular complexity index is 1160. The minimum atomic E-state index is -1.32. The molecule has 6 amide bonds. The fraction of sp³-hybridized carbons (Fsp3) is 0.700. The molecule has 0 aliphatic heterocycles. The van der Waals surface area contributed by atoms with Gasteiger partial charge in [0, 0.05) is 12.6 Å². The fourth-order valence-electron chi connectivity index (χ4n) is 4.57. The van der Waals surface area contributed by atoms with Crippen molar-refractivity contribution in [3.05, 3.63) is 18.2 Å². The first-order valence-corrected chi connectivity index (χ1v) is 15.6. The summed E-state index contributed by atoms with van der Waals surface area (Å²) < 4.78 is 0. The summed E-state index contributed by atoms with van der Waals surface area (Å²) in [6.07, 6.45) is 1.86. The number of H-pyrrole nitrogens is 1.